The molecule has 0 amide bonds. The molecule has 0 aromatic carbocycles. The summed E-state index contributed by atoms with van der Waals surface area (Å²) in [5.74, 6) is 0. The van der Waals surface area contributed by atoms with Gasteiger partial charge in [0.1, 0.15) is 0 Å². The van der Waals surface area contributed by atoms with Crippen LogP contribution < -0.4 is 0 Å². The van der Waals surface area contributed by atoms with E-state index in [9.17, 15) is 4.21 Å². The summed E-state index contributed by atoms with van der Waals surface area (Å²) < 4.78 is 18.6. The predicted octanol–water partition coefficient (Wildman–Crippen LogP) is 1.69. The smallest absolute Gasteiger partial charge is 0.181 e. The molecule has 1 N–H and O–H groups in total. The van der Waals surface area contributed by atoms with E-state index in [0.29, 0.717) is 4.91 Å². The molecule has 0 saturated carbocycles. The molecule has 1 atom stereocenters. The Morgan fingerprint density at radius 3 is 2.56 bits per heavy atom. The Kier molecular flexibility index (Phi) is 4.26. The molecule has 0 heterocycles. The molecule has 0 aliphatic heterocycles. The van der Waals surface area contributed by atoms with Gasteiger partial charge in [0, 0.05) is 4.91 Å². The van der Waals surface area contributed by atoms with Crippen LogP contribution in [0.25, 0.3) is 0 Å². The zero-order valence-corrected chi connectivity index (χ0v) is 6.31. The Hall–Kier alpha value is -0.410. The van der Waals surface area contributed by atoms with Crippen molar-refractivity contribution in [3.05, 3.63) is 23.1 Å². The monoisotopic (exact) mass is 146 g/mol. The van der Waals surface area contributed by atoms with Gasteiger partial charge in [0.2, 0.25) is 0 Å². The molecule has 0 radical (unpaired) electrons. The van der Waals surface area contributed by atoms with Gasteiger partial charge in [-0.25, -0.2) is 4.21 Å². The highest BCUT2D eigenvalue weighted by Crippen LogP contribution is 1.95. The first-order chi connectivity index (χ1) is 4.18. The van der Waals surface area contributed by atoms with Crippen molar-refractivity contribution in [1.82, 2.24) is 0 Å². The van der Waals surface area contributed by atoms with Crippen LogP contribution in [0.4, 0.5) is 0 Å². The Balaban J connectivity index is 4.00. The highest BCUT2D eigenvalue weighted by molar-refractivity contribution is 7.83. The molecule has 3 heteroatoms. The van der Waals surface area contributed by atoms with E-state index in [1.165, 1.54) is 0 Å². The van der Waals surface area contributed by atoms with E-state index in [-0.39, 0.29) is 0 Å². The van der Waals surface area contributed by atoms with Gasteiger partial charge in [0.05, 0.1) is 0 Å². The standard InChI is InChI=1S/C6H10O2S/c1-3-4-5-6(2)9(7)8/h3-5H,1-2H3,(H,7,8)/b4-3-,6-5+. The van der Waals surface area contributed by atoms with Crippen molar-refractivity contribution in [3.63, 3.8) is 0 Å². The second kappa shape index (κ2) is 4.47. The van der Waals surface area contributed by atoms with Crippen molar-refractivity contribution in [2.24, 2.45) is 0 Å². The maximum atomic E-state index is 10.2. The number of hydrogen-bond donors (Lipinski definition) is 1. The van der Waals surface area contributed by atoms with Crippen molar-refractivity contribution in [2.45, 2.75) is 13.8 Å². The average molecular weight is 146 g/mol. The van der Waals surface area contributed by atoms with Crippen LogP contribution >= 0.6 is 0 Å². The third-order valence-electron chi connectivity index (χ3n) is 0.799. The zero-order valence-electron chi connectivity index (χ0n) is 5.50. The molecular formula is C6H10O2S. The summed E-state index contributed by atoms with van der Waals surface area (Å²) in [5.41, 5.74) is 0. The zero-order chi connectivity index (χ0) is 7.28. The molecule has 0 spiro atoms. The van der Waals surface area contributed by atoms with Crippen molar-refractivity contribution in [1.29, 1.82) is 0 Å². The fourth-order valence-electron chi connectivity index (χ4n) is 0.290. The summed E-state index contributed by atoms with van der Waals surface area (Å²) in [5, 5.41) is 0. The van der Waals surface area contributed by atoms with Gasteiger partial charge < -0.3 is 4.55 Å². The minimum Gasteiger partial charge on any atom is -0.302 e. The summed E-state index contributed by atoms with van der Waals surface area (Å²) in [6, 6.07) is 0. The molecule has 0 aromatic rings. The lowest BCUT2D eigenvalue weighted by molar-refractivity contribution is 0.571. The Labute approximate surface area is 57.6 Å². The lowest BCUT2D eigenvalue weighted by Gasteiger charge is -1.86. The molecule has 0 aromatic heterocycles. The van der Waals surface area contributed by atoms with Gasteiger partial charge in [0.25, 0.3) is 0 Å². The predicted molar refractivity (Wildman–Crippen MR) is 39.3 cm³/mol. The molecule has 0 aliphatic rings. The molecule has 0 rings (SSSR count). The van der Waals surface area contributed by atoms with Gasteiger partial charge in [-0.15, -0.1) is 0 Å². The summed E-state index contributed by atoms with van der Waals surface area (Å²) >= 11 is -1.80. The Bertz CT molecular complexity index is 158. The van der Waals surface area contributed by atoms with Gasteiger partial charge in [0.15, 0.2) is 11.1 Å². The number of allylic oxidation sites excluding steroid dienone is 4. The second-order valence-electron chi connectivity index (χ2n) is 1.55. The topological polar surface area (TPSA) is 37.3 Å². The second-order valence-corrected chi connectivity index (χ2v) is 2.69. The molecular weight excluding hydrogens is 136 g/mol. The van der Waals surface area contributed by atoms with E-state index in [2.05, 4.69) is 0 Å². The van der Waals surface area contributed by atoms with Gasteiger partial charge in [-0.3, -0.25) is 0 Å². The fourth-order valence-corrected chi connectivity index (χ4v) is 0.485. The first-order valence-electron chi connectivity index (χ1n) is 2.59. The van der Waals surface area contributed by atoms with E-state index in [1.54, 1.807) is 25.2 Å². The lowest BCUT2D eigenvalue weighted by atomic mass is 10.5. The third kappa shape index (κ3) is 4.12. The molecule has 2 nitrogen and oxygen atoms in total. The summed E-state index contributed by atoms with van der Waals surface area (Å²) in [7, 11) is 0. The first-order valence-corrected chi connectivity index (χ1v) is 3.69. The maximum absolute atomic E-state index is 10.2. The Morgan fingerprint density at radius 1 is 1.67 bits per heavy atom. The van der Waals surface area contributed by atoms with E-state index in [0.717, 1.165) is 0 Å². The average Bonchev–Trinajstić information content (AvgIpc) is 1.82. The van der Waals surface area contributed by atoms with Crippen molar-refractivity contribution < 1.29 is 8.76 Å². The number of hydrogen-bond acceptors (Lipinski definition) is 1. The minimum absolute atomic E-state index is 0.466. The highest BCUT2D eigenvalue weighted by atomic mass is 32.2. The van der Waals surface area contributed by atoms with Crippen LogP contribution in [-0.2, 0) is 11.1 Å². The third-order valence-corrected chi connectivity index (χ3v) is 1.49. The van der Waals surface area contributed by atoms with E-state index >= 15 is 0 Å². The number of rotatable bonds is 2. The molecule has 0 bridgehead atoms. The van der Waals surface area contributed by atoms with E-state index in [4.69, 9.17) is 4.55 Å². The first kappa shape index (κ1) is 8.59. The highest BCUT2D eigenvalue weighted by Gasteiger charge is 1.91. The summed E-state index contributed by atoms with van der Waals surface area (Å²) in [6.45, 7) is 3.46. The molecule has 52 valence electrons. The van der Waals surface area contributed by atoms with Crippen molar-refractivity contribution >= 4 is 11.1 Å². The largest absolute Gasteiger partial charge is 0.302 e. The van der Waals surface area contributed by atoms with Crippen molar-refractivity contribution in [2.75, 3.05) is 0 Å². The van der Waals surface area contributed by atoms with E-state index < -0.39 is 11.1 Å². The maximum Gasteiger partial charge on any atom is 0.181 e. The van der Waals surface area contributed by atoms with Crippen LogP contribution in [0, 0.1) is 0 Å². The van der Waals surface area contributed by atoms with Crippen LogP contribution in [0.15, 0.2) is 23.1 Å². The lowest BCUT2D eigenvalue weighted by Crippen LogP contribution is -1.85. The molecule has 0 fully saturated rings. The van der Waals surface area contributed by atoms with Crippen molar-refractivity contribution in [3.8, 4) is 0 Å². The molecule has 0 saturated heterocycles. The molecule has 0 aliphatic carbocycles. The summed E-state index contributed by atoms with van der Waals surface area (Å²) in [6.07, 6.45) is 5.13. The Morgan fingerprint density at radius 2 is 2.22 bits per heavy atom. The minimum atomic E-state index is -1.80. The molecule has 9 heavy (non-hydrogen) atoms. The van der Waals surface area contributed by atoms with Crippen LogP contribution in [0.5, 0.6) is 0 Å². The van der Waals surface area contributed by atoms with E-state index in [1.807, 2.05) is 6.92 Å². The van der Waals surface area contributed by atoms with Crippen LogP contribution in [-0.4, -0.2) is 8.76 Å². The van der Waals surface area contributed by atoms with Gasteiger partial charge in [-0.05, 0) is 19.9 Å². The van der Waals surface area contributed by atoms with Gasteiger partial charge in [-0.2, -0.15) is 0 Å². The van der Waals surface area contributed by atoms with Gasteiger partial charge in [-0.1, -0.05) is 12.2 Å². The summed E-state index contributed by atoms with van der Waals surface area (Å²) in [4.78, 5) is 0.466. The molecule has 1 unspecified atom stereocenters. The SMILES string of the molecule is C/C=C\C=C(/C)S(=O)O. The quantitative estimate of drug-likeness (QED) is 0.475. The van der Waals surface area contributed by atoms with Crippen LogP contribution in [0.2, 0.25) is 0 Å². The van der Waals surface area contributed by atoms with Crippen LogP contribution in [0.3, 0.4) is 0 Å². The van der Waals surface area contributed by atoms with Crippen LogP contribution in [0.1, 0.15) is 13.8 Å². The fraction of sp³-hybridized carbons (Fsp3) is 0.333. The van der Waals surface area contributed by atoms with Gasteiger partial charge >= 0.3 is 0 Å². The normalized spacial score (nSPS) is 16.6.